The predicted octanol–water partition coefficient (Wildman–Crippen LogP) is 2.41. The van der Waals surface area contributed by atoms with Crippen LogP contribution < -0.4 is 5.32 Å². The number of nitrogens with zero attached hydrogens (tertiary/aromatic N) is 3. The minimum Gasteiger partial charge on any atom is -0.353 e. The van der Waals surface area contributed by atoms with Crippen molar-refractivity contribution in [2.24, 2.45) is 0 Å². The predicted molar refractivity (Wildman–Crippen MR) is 95.2 cm³/mol. The van der Waals surface area contributed by atoms with Gasteiger partial charge in [-0.3, -0.25) is 4.79 Å². The van der Waals surface area contributed by atoms with Crippen molar-refractivity contribution in [3.05, 3.63) is 48.3 Å². The third-order valence-electron chi connectivity index (χ3n) is 4.56. The molecule has 1 N–H and O–H groups in total. The minimum atomic E-state index is 0.121. The number of piperidine rings is 1. The molecule has 128 valence electrons. The Balaban J connectivity index is 1.47. The van der Waals surface area contributed by atoms with Gasteiger partial charge in [0.05, 0.1) is 12.1 Å². The molecule has 0 saturated carbocycles. The standard InChI is InChI=1S/C19H26N4O/c1-2-11-22-13-8-17(9-14-22)21-19(24)15-16-4-6-18(7-5-16)23-12-3-10-20-23/h3-7,10,12,17H,2,8-9,11,13-15H2,1H3,(H,21,24). The number of rotatable bonds is 6. The highest BCUT2D eigenvalue weighted by molar-refractivity contribution is 5.78. The van der Waals surface area contributed by atoms with Crippen molar-refractivity contribution in [3.63, 3.8) is 0 Å². The molecule has 1 amide bonds. The Kier molecular flexibility index (Phi) is 5.64. The van der Waals surface area contributed by atoms with E-state index < -0.39 is 0 Å². The lowest BCUT2D eigenvalue weighted by Gasteiger charge is -2.32. The number of carbonyl (C=O) groups excluding carboxylic acids is 1. The van der Waals surface area contributed by atoms with Crippen molar-refractivity contribution in [1.29, 1.82) is 0 Å². The van der Waals surface area contributed by atoms with E-state index in [9.17, 15) is 4.79 Å². The quantitative estimate of drug-likeness (QED) is 0.887. The van der Waals surface area contributed by atoms with Crippen molar-refractivity contribution in [3.8, 4) is 5.69 Å². The first kappa shape index (κ1) is 16.7. The highest BCUT2D eigenvalue weighted by atomic mass is 16.1. The Morgan fingerprint density at radius 3 is 2.62 bits per heavy atom. The highest BCUT2D eigenvalue weighted by Crippen LogP contribution is 2.12. The third kappa shape index (κ3) is 4.45. The Morgan fingerprint density at radius 2 is 2.00 bits per heavy atom. The lowest BCUT2D eigenvalue weighted by Crippen LogP contribution is -2.45. The van der Waals surface area contributed by atoms with Crippen LogP contribution in [-0.4, -0.2) is 46.3 Å². The van der Waals surface area contributed by atoms with Gasteiger partial charge in [-0.2, -0.15) is 5.10 Å². The van der Waals surface area contributed by atoms with Crippen LogP contribution in [0.3, 0.4) is 0 Å². The van der Waals surface area contributed by atoms with E-state index in [4.69, 9.17) is 0 Å². The highest BCUT2D eigenvalue weighted by Gasteiger charge is 2.20. The van der Waals surface area contributed by atoms with Crippen LogP contribution in [-0.2, 0) is 11.2 Å². The van der Waals surface area contributed by atoms with Gasteiger partial charge in [0.15, 0.2) is 0 Å². The molecule has 3 rings (SSSR count). The summed E-state index contributed by atoms with van der Waals surface area (Å²) in [6.45, 7) is 5.57. The molecule has 1 aromatic heterocycles. The third-order valence-corrected chi connectivity index (χ3v) is 4.56. The fourth-order valence-corrected chi connectivity index (χ4v) is 3.27. The Labute approximate surface area is 143 Å². The van der Waals surface area contributed by atoms with E-state index in [0.29, 0.717) is 12.5 Å². The van der Waals surface area contributed by atoms with Gasteiger partial charge >= 0.3 is 0 Å². The van der Waals surface area contributed by atoms with E-state index in [1.54, 1.807) is 6.20 Å². The average Bonchev–Trinajstić information content (AvgIpc) is 3.12. The summed E-state index contributed by atoms with van der Waals surface area (Å²) in [5.74, 6) is 0.121. The smallest absolute Gasteiger partial charge is 0.224 e. The maximum absolute atomic E-state index is 12.3. The van der Waals surface area contributed by atoms with Gasteiger partial charge in [0.1, 0.15) is 0 Å². The van der Waals surface area contributed by atoms with Crippen LogP contribution in [0, 0.1) is 0 Å². The zero-order valence-corrected chi connectivity index (χ0v) is 14.3. The lowest BCUT2D eigenvalue weighted by atomic mass is 10.0. The summed E-state index contributed by atoms with van der Waals surface area (Å²) >= 11 is 0. The van der Waals surface area contributed by atoms with Gasteiger partial charge in [-0.05, 0) is 49.6 Å². The Morgan fingerprint density at radius 1 is 1.25 bits per heavy atom. The van der Waals surface area contributed by atoms with Crippen molar-refractivity contribution in [1.82, 2.24) is 20.0 Å². The van der Waals surface area contributed by atoms with Crippen LogP contribution in [0.2, 0.25) is 0 Å². The monoisotopic (exact) mass is 326 g/mol. The van der Waals surface area contributed by atoms with Gasteiger partial charge in [0.25, 0.3) is 0 Å². The van der Waals surface area contributed by atoms with Gasteiger partial charge in [0, 0.05) is 31.5 Å². The summed E-state index contributed by atoms with van der Waals surface area (Å²) in [4.78, 5) is 14.7. The SMILES string of the molecule is CCCN1CCC(NC(=O)Cc2ccc(-n3cccn3)cc2)CC1. The fraction of sp³-hybridized carbons (Fsp3) is 0.474. The van der Waals surface area contributed by atoms with Crippen LogP contribution in [0.1, 0.15) is 31.7 Å². The minimum absolute atomic E-state index is 0.121. The number of benzene rings is 1. The van der Waals surface area contributed by atoms with Gasteiger partial charge < -0.3 is 10.2 Å². The summed E-state index contributed by atoms with van der Waals surface area (Å²) in [7, 11) is 0. The molecule has 2 heterocycles. The molecule has 1 aromatic carbocycles. The van der Waals surface area contributed by atoms with E-state index in [1.807, 2.05) is 41.2 Å². The Bertz CT molecular complexity index is 628. The summed E-state index contributed by atoms with van der Waals surface area (Å²) in [6, 6.07) is 10.2. The zero-order chi connectivity index (χ0) is 16.8. The molecular weight excluding hydrogens is 300 g/mol. The molecule has 5 nitrogen and oxygen atoms in total. The van der Waals surface area contributed by atoms with Crippen LogP contribution in [0.25, 0.3) is 5.69 Å². The molecule has 24 heavy (non-hydrogen) atoms. The molecule has 5 heteroatoms. The number of aromatic nitrogens is 2. The molecular formula is C19H26N4O. The molecule has 0 atom stereocenters. The van der Waals surface area contributed by atoms with E-state index in [0.717, 1.165) is 37.2 Å². The number of likely N-dealkylation sites (tertiary alicyclic amines) is 1. The number of nitrogens with one attached hydrogen (secondary N) is 1. The number of carbonyl (C=O) groups is 1. The molecule has 0 aliphatic carbocycles. The molecule has 0 bridgehead atoms. The largest absolute Gasteiger partial charge is 0.353 e. The topological polar surface area (TPSA) is 50.2 Å². The molecule has 0 radical (unpaired) electrons. The molecule has 1 saturated heterocycles. The molecule has 2 aromatic rings. The zero-order valence-electron chi connectivity index (χ0n) is 14.3. The van der Waals surface area contributed by atoms with Crippen LogP contribution >= 0.6 is 0 Å². The lowest BCUT2D eigenvalue weighted by molar-refractivity contribution is -0.121. The second kappa shape index (κ2) is 8.11. The molecule has 1 fully saturated rings. The van der Waals surface area contributed by atoms with E-state index >= 15 is 0 Å². The van der Waals surface area contributed by atoms with E-state index in [1.165, 1.54) is 13.0 Å². The normalized spacial score (nSPS) is 16.2. The van der Waals surface area contributed by atoms with E-state index in [2.05, 4.69) is 22.2 Å². The van der Waals surface area contributed by atoms with Gasteiger partial charge in [-0.15, -0.1) is 0 Å². The number of hydrogen-bond donors (Lipinski definition) is 1. The molecule has 0 unspecified atom stereocenters. The van der Waals surface area contributed by atoms with Gasteiger partial charge in [0.2, 0.25) is 5.91 Å². The number of amides is 1. The second-order valence-electron chi connectivity index (χ2n) is 6.48. The molecule has 0 spiro atoms. The van der Waals surface area contributed by atoms with Crippen LogP contribution in [0.4, 0.5) is 0 Å². The van der Waals surface area contributed by atoms with E-state index in [-0.39, 0.29) is 5.91 Å². The van der Waals surface area contributed by atoms with Gasteiger partial charge in [-0.1, -0.05) is 19.1 Å². The summed E-state index contributed by atoms with van der Waals surface area (Å²) in [5.41, 5.74) is 2.04. The van der Waals surface area contributed by atoms with Crippen molar-refractivity contribution in [2.45, 2.75) is 38.6 Å². The fourth-order valence-electron chi connectivity index (χ4n) is 3.27. The first-order chi connectivity index (χ1) is 11.7. The summed E-state index contributed by atoms with van der Waals surface area (Å²) in [6.07, 6.45) is 7.42. The summed E-state index contributed by atoms with van der Waals surface area (Å²) < 4.78 is 1.81. The van der Waals surface area contributed by atoms with Crippen LogP contribution in [0.5, 0.6) is 0 Å². The maximum Gasteiger partial charge on any atom is 0.224 e. The maximum atomic E-state index is 12.3. The number of hydrogen-bond acceptors (Lipinski definition) is 3. The average molecular weight is 326 g/mol. The first-order valence-corrected chi connectivity index (χ1v) is 8.85. The van der Waals surface area contributed by atoms with Gasteiger partial charge in [-0.25, -0.2) is 4.68 Å². The summed E-state index contributed by atoms with van der Waals surface area (Å²) in [5, 5.41) is 7.40. The Hall–Kier alpha value is -2.14. The second-order valence-corrected chi connectivity index (χ2v) is 6.48. The molecule has 1 aliphatic heterocycles. The van der Waals surface area contributed by atoms with Crippen molar-refractivity contribution in [2.75, 3.05) is 19.6 Å². The molecule has 1 aliphatic rings. The van der Waals surface area contributed by atoms with Crippen molar-refractivity contribution < 1.29 is 4.79 Å². The van der Waals surface area contributed by atoms with Crippen LogP contribution in [0.15, 0.2) is 42.7 Å². The van der Waals surface area contributed by atoms with Crippen molar-refractivity contribution >= 4 is 5.91 Å². The first-order valence-electron chi connectivity index (χ1n) is 8.85.